The molecule has 3 aliphatic heterocycles. The zero-order valence-electron chi connectivity index (χ0n) is 22.2. The van der Waals surface area contributed by atoms with Crippen LogP contribution in [0.5, 0.6) is 0 Å². The standard InChI is InChI=1S/C21H24FN9O11P2/c22-12-15-11(40-20(12)30-6-26-13-9(23)1-2-25-16(13)30)5-38-43(33,34)41-10-3-8(4-37-44(35,36)42-15)39-19(10)31-7-27-14-17(31)28-21(24)29-18(14)32/h1-2,6-8,10-12,15,19-20H,3-5H2,(H2,23,25)(H,33,34)(H,35,36)(H3,24,28,29,32)/t8-,10+,11+,12?,15-,19+,20+/m0/s1. The van der Waals surface area contributed by atoms with E-state index in [1.54, 1.807) is 0 Å². The number of imidazole rings is 2. The summed E-state index contributed by atoms with van der Waals surface area (Å²) in [6.45, 7) is -1.40. The molecule has 9 atom stereocenters. The van der Waals surface area contributed by atoms with Gasteiger partial charge < -0.3 is 30.7 Å². The van der Waals surface area contributed by atoms with E-state index in [0.717, 1.165) is 0 Å². The van der Waals surface area contributed by atoms with Crippen LogP contribution < -0.4 is 17.0 Å². The number of pyridine rings is 1. The van der Waals surface area contributed by atoms with Crippen molar-refractivity contribution in [3.8, 4) is 0 Å². The minimum Gasteiger partial charge on any atom is -0.397 e. The van der Waals surface area contributed by atoms with Crippen molar-refractivity contribution in [3.05, 3.63) is 35.3 Å². The predicted molar refractivity (Wildman–Crippen MR) is 143 cm³/mol. The van der Waals surface area contributed by atoms with E-state index in [0.29, 0.717) is 0 Å². The Labute approximate surface area is 244 Å². The van der Waals surface area contributed by atoms with Gasteiger partial charge >= 0.3 is 15.6 Å². The van der Waals surface area contributed by atoms with Crippen LogP contribution in [-0.4, -0.2) is 87.6 Å². The molecular weight excluding hydrogens is 635 g/mol. The summed E-state index contributed by atoms with van der Waals surface area (Å²) in [5.41, 5.74) is 11.5. The fraction of sp³-hybridized carbons (Fsp3) is 0.476. The molecule has 0 radical (unpaired) electrons. The topological polar surface area (TPSA) is 276 Å². The summed E-state index contributed by atoms with van der Waals surface area (Å²) in [4.78, 5) is 52.1. The zero-order chi connectivity index (χ0) is 31.0. The van der Waals surface area contributed by atoms with Gasteiger partial charge in [0.05, 0.1) is 37.7 Å². The van der Waals surface area contributed by atoms with Crippen LogP contribution in [0, 0.1) is 0 Å². The Bertz CT molecular complexity index is 1900. The van der Waals surface area contributed by atoms with Gasteiger partial charge in [-0.1, -0.05) is 0 Å². The molecule has 3 fully saturated rings. The largest absolute Gasteiger partial charge is 0.472 e. The van der Waals surface area contributed by atoms with E-state index < -0.39 is 77.5 Å². The summed E-state index contributed by atoms with van der Waals surface area (Å²) in [7, 11) is -9.95. The van der Waals surface area contributed by atoms with Gasteiger partial charge in [0.1, 0.15) is 23.8 Å². The molecule has 23 heteroatoms. The minimum atomic E-state index is -5.00. The van der Waals surface area contributed by atoms with E-state index in [1.165, 1.54) is 34.1 Å². The van der Waals surface area contributed by atoms with Crippen LogP contribution in [0.1, 0.15) is 18.9 Å². The molecule has 3 unspecified atom stereocenters. The first-order chi connectivity index (χ1) is 20.9. The number of nitrogens with one attached hydrogen (secondary N) is 1. The van der Waals surface area contributed by atoms with Crippen molar-refractivity contribution in [2.24, 2.45) is 0 Å². The number of fused-ring (bicyclic) bond motifs is 5. The lowest BCUT2D eigenvalue weighted by atomic mass is 10.1. The Balaban J connectivity index is 1.19. The van der Waals surface area contributed by atoms with Crippen LogP contribution in [0.4, 0.5) is 16.0 Å². The van der Waals surface area contributed by atoms with Crippen LogP contribution >= 0.6 is 15.6 Å². The van der Waals surface area contributed by atoms with Crippen LogP contribution in [0.15, 0.2) is 29.7 Å². The lowest BCUT2D eigenvalue weighted by molar-refractivity contribution is -0.0668. The first kappa shape index (κ1) is 29.4. The molecule has 0 saturated carbocycles. The van der Waals surface area contributed by atoms with Gasteiger partial charge in [-0.05, 0) is 6.07 Å². The molecule has 20 nitrogen and oxygen atoms in total. The number of aromatic amines is 1. The summed E-state index contributed by atoms with van der Waals surface area (Å²) >= 11 is 0. The number of phosphoric acid groups is 2. The van der Waals surface area contributed by atoms with Gasteiger partial charge in [-0.2, -0.15) is 4.98 Å². The van der Waals surface area contributed by atoms with Gasteiger partial charge in [-0.15, -0.1) is 0 Å². The Morgan fingerprint density at radius 1 is 0.932 bits per heavy atom. The third kappa shape index (κ3) is 5.20. The molecule has 7 heterocycles. The highest BCUT2D eigenvalue weighted by Crippen LogP contribution is 2.54. The fourth-order valence-corrected chi connectivity index (χ4v) is 7.24. The van der Waals surface area contributed by atoms with Gasteiger partial charge in [0.2, 0.25) is 5.95 Å². The van der Waals surface area contributed by atoms with Gasteiger partial charge in [-0.3, -0.25) is 37.0 Å². The number of hydrogen-bond donors (Lipinski definition) is 5. The Kier molecular flexibility index (Phi) is 7.09. The third-order valence-electron chi connectivity index (χ3n) is 7.25. The maximum absolute atomic E-state index is 15.9. The highest BCUT2D eigenvalue weighted by molar-refractivity contribution is 7.47. The average molecular weight is 659 g/mol. The lowest BCUT2D eigenvalue weighted by Gasteiger charge is -2.25. The molecule has 7 rings (SSSR count). The van der Waals surface area contributed by atoms with E-state index in [4.69, 9.17) is 39.0 Å². The van der Waals surface area contributed by atoms with Crippen molar-refractivity contribution < 1.29 is 50.9 Å². The molecule has 4 aromatic rings. The van der Waals surface area contributed by atoms with Crippen LogP contribution in [-0.2, 0) is 36.7 Å². The summed E-state index contributed by atoms with van der Waals surface area (Å²) in [6.07, 6.45) is -6.87. The van der Waals surface area contributed by atoms with Crippen LogP contribution in [0.3, 0.4) is 0 Å². The normalized spacial score (nSPS) is 36.6. The van der Waals surface area contributed by atoms with Crippen molar-refractivity contribution in [1.29, 1.82) is 0 Å². The summed E-state index contributed by atoms with van der Waals surface area (Å²) in [5, 5.41) is 0. The summed E-state index contributed by atoms with van der Waals surface area (Å²) in [5.74, 6) is -0.227. The number of H-pyrrole nitrogens is 1. The van der Waals surface area contributed by atoms with E-state index in [-0.39, 0.29) is 40.4 Å². The van der Waals surface area contributed by atoms with Crippen LogP contribution in [0.25, 0.3) is 22.3 Å². The van der Waals surface area contributed by atoms with Gasteiger partial charge in [-0.25, -0.2) is 28.5 Å². The highest BCUT2D eigenvalue weighted by atomic mass is 31.2. The first-order valence-electron chi connectivity index (χ1n) is 12.9. The highest BCUT2D eigenvalue weighted by Gasteiger charge is 2.52. The number of halogens is 1. The molecule has 3 aliphatic rings. The summed E-state index contributed by atoms with van der Waals surface area (Å²) < 4.78 is 77.0. The number of anilines is 2. The van der Waals surface area contributed by atoms with Gasteiger partial charge in [0, 0.05) is 12.6 Å². The molecule has 3 saturated heterocycles. The minimum absolute atomic E-state index is 0.0251. The second kappa shape index (κ2) is 10.6. The Morgan fingerprint density at radius 2 is 1.64 bits per heavy atom. The molecule has 0 aliphatic carbocycles. The number of ether oxygens (including phenoxy) is 2. The Hall–Kier alpha value is -3.36. The smallest absolute Gasteiger partial charge is 0.397 e. The van der Waals surface area contributed by atoms with Crippen molar-refractivity contribution >= 4 is 49.6 Å². The first-order valence-corrected chi connectivity index (χ1v) is 15.9. The second-order valence-corrected chi connectivity index (χ2v) is 12.9. The van der Waals surface area contributed by atoms with Crippen molar-refractivity contribution in [2.45, 2.75) is 49.5 Å². The number of rotatable bonds is 2. The molecule has 2 bridgehead atoms. The van der Waals surface area contributed by atoms with E-state index in [9.17, 15) is 23.7 Å². The third-order valence-corrected chi connectivity index (χ3v) is 9.25. The van der Waals surface area contributed by atoms with Crippen molar-refractivity contribution in [3.63, 3.8) is 0 Å². The van der Waals surface area contributed by atoms with Crippen LogP contribution in [0.2, 0.25) is 0 Å². The van der Waals surface area contributed by atoms with E-state index >= 15 is 4.39 Å². The van der Waals surface area contributed by atoms with Gasteiger partial charge in [0.15, 0.2) is 35.4 Å². The second-order valence-electron chi connectivity index (χ2n) is 10.1. The molecule has 44 heavy (non-hydrogen) atoms. The molecular formula is C21H24FN9O11P2. The molecule has 0 aromatic carbocycles. The molecule has 0 amide bonds. The predicted octanol–water partition coefficient (Wildman–Crippen LogP) is 0.270. The number of alkyl halides is 1. The summed E-state index contributed by atoms with van der Waals surface area (Å²) in [6, 6.07) is 1.50. The van der Waals surface area contributed by atoms with E-state index in [2.05, 4.69) is 24.9 Å². The Morgan fingerprint density at radius 3 is 2.43 bits per heavy atom. The number of nitrogens with two attached hydrogens (primary N) is 2. The zero-order valence-corrected chi connectivity index (χ0v) is 23.9. The number of aromatic nitrogens is 7. The number of nitrogens with zero attached hydrogens (tertiary/aromatic N) is 6. The van der Waals surface area contributed by atoms with Crippen molar-refractivity contribution in [1.82, 2.24) is 34.1 Å². The lowest BCUT2D eigenvalue weighted by Crippen LogP contribution is -2.34. The fourth-order valence-electron chi connectivity index (χ4n) is 5.34. The van der Waals surface area contributed by atoms with Gasteiger partial charge in [0.25, 0.3) is 5.56 Å². The van der Waals surface area contributed by atoms with E-state index in [1.807, 2.05) is 0 Å². The molecule has 236 valence electrons. The molecule has 4 aromatic heterocycles. The maximum Gasteiger partial charge on any atom is 0.472 e. The average Bonchev–Trinajstić information content (AvgIpc) is 3.72. The van der Waals surface area contributed by atoms with Crippen molar-refractivity contribution in [2.75, 3.05) is 24.7 Å². The molecule has 7 N–H and O–H groups in total. The number of nitrogen functional groups attached to an aromatic ring is 2. The SMILES string of the molecule is Nc1nc2c(ncn2[C@@H]2O[C@@H]3COP(=O)(O)O[C@@H]4C(F)[C@H](n5cnc6c(N)ccnc65)O[C@@H]4COP(=O)(O)O[C@@H]2C3)c(=O)[nH]1. The number of phosphoric ester groups is 2. The quantitative estimate of drug-likeness (QED) is 0.181. The molecule has 0 spiro atoms. The monoisotopic (exact) mass is 659 g/mol. The maximum atomic E-state index is 15.9. The number of hydrogen-bond acceptors (Lipinski definition) is 15.